The van der Waals surface area contributed by atoms with E-state index in [-0.39, 0.29) is 72.0 Å². The van der Waals surface area contributed by atoms with Crippen LogP contribution in [0.25, 0.3) is 0 Å². The summed E-state index contributed by atoms with van der Waals surface area (Å²) in [7, 11) is -3.91. The Labute approximate surface area is 254 Å². The topological polar surface area (TPSA) is 128 Å². The lowest BCUT2D eigenvalue weighted by molar-refractivity contribution is -0.178. The van der Waals surface area contributed by atoms with Crippen molar-refractivity contribution in [3.8, 4) is 0 Å². The molecule has 4 unspecified atom stereocenters. The van der Waals surface area contributed by atoms with Gasteiger partial charge in [0.15, 0.2) is 6.29 Å². The molecule has 2 aromatic rings. The smallest absolute Gasteiger partial charge is 0.306 e. The van der Waals surface area contributed by atoms with Gasteiger partial charge in [0.05, 0.1) is 30.6 Å². The van der Waals surface area contributed by atoms with Crippen LogP contribution in [0.2, 0.25) is 0 Å². The maximum Gasteiger partial charge on any atom is 0.306 e. The van der Waals surface area contributed by atoms with Gasteiger partial charge in [-0.15, -0.1) is 0 Å². The second kappa shape index (κ2) is 12.2. The number of hydrogen-bond acceptors (Lipinski definition) is 8. The summed E-state index contributed by atoms with van der Waals surface area (Å²) in [6.07, 6.45) is 1.54. The van der Waals surface area contributed by atoms with Gasteiger partial charge in [0.2, 0.25) is 10.0 Å². The van der Waals surface area contributed by atoms with Crippen LogP contribution in [0.15, 0.2) is 59.5 Å². The first kappa shape index (κ1) is 30.7. The molecule has 7 atom stereocenters. The van der Waals surface area contributed by atoms with Gasteiger partial charge >= 0.3 is 5.97 Å². The second-order valence-corrected chi connectivity index (χ2v) is 15.4. The third kappa shape index (κ3) is 6.55. The van der Waals surface area contributed by atoms with Crippen molar-refractivity contribution >= 4 is 16.0 Å². The monoisotopic (exact) mass is 612 g/mol. The molecule has 2 aliphatic heterocycles. The van der Waals surface area contributed by atoms with Crippen molar-refractivity contribution in [3.05, 3.63) is 65.7 Å². The highest BCUT2D eigenvalue weighted by Crippen LogP contribution is 2.49. The van der Waals surface area contributed by atoms with E-state index in [9.17, 15) is 18.3 Å². The normalized spacial score (nSPS) is 28.7. The highest BCUT2D eigenvalue weighted by Gasteiger charge is 2.56. The molecule has 6 rings (SSSR count). The molecule has 0 amide bonds. The molecule has 9 nitrogen and oxygen atoms in total. The fraction of sp³-hybridized carbons (Fsp3) is 0.606. The van der Waals surface area contributed by atoms with E-state index in [1.807, 2.05) is 44.2 Å². The molecule has 2 saturated heterocycles. The average Bonchev–Trinajstić information content (AvgIpc) is 3.50. The Morgan fingerprint density at radius 2 is 1.74 bits per heavy atom. The van der Waals surface area contributed by atoms with Crippen LogP contribution in [0.5, 0.6) is 0 Å². The van der Waals surface area contributed by atoms with Gasteiger partial charge in [-0.1, -0.05) is 56.3 Å². The lowest BCUT2D eigenvalue weighted by Gasteiger charge is -2.31. The Bertz CT molecular complexity index is 1380. The fourth-order valence-electron chi connectivity index (χ4n) is 7.09. The van der Waals surface area contributed by atoms with Crippen molar-refractivity contribution in [2.45, 2.75) is 74.9 Å². The number of esters is 1. The quantitative estimate of drug-likeness (QED) is 0.330. The summed E-state index contributed by atoms with van der Waals surface area (Å²) in [6, 6.07) is 16.4. The predicted octanol–water partition coefficient (Wildman–Crippen LogP) is 3.44. The molecule has 2 bridgehead atoms. The minimum absolute atomic E-state index is 0.0232. The van der Waals surface area contributed by atoms with Gasteiger partial charge in [-0.3, -0.25) is 4.79 Å². The maximum atomic E-state index is 13.9. The summed E-state index contributed by atoms with van der Waals surface area (Å²) in [5, 5.41) is 11.6. The van der Waals surface area contributed by atoms with Crippen molar-refractivity contribution in [2.24, 2.45) is 35.3 Å². The van der Waals surface area contributed by atoms with E-state index in [0.717, 1.165) is 30.4 Å². The molecule has 2 aliphatic carbocycles. The molecular formula is C33H44N2O7S. The van der Waals surface area contributed by atoms with Crippen molar-refractivity contribution in [1.82, 2.24) is 4.31 Å². The van der Waals surface area contributed by atoms with Crippen LogP contribution in [0.1, 0.15) is 50.7 Å². The number of carbonyl (C=O) groups is 1. The Kier molecular flexibility index (Phi) is 8.71. The summed E-state index contributed by atoms with van der Waals surface area (Å²) in [5.41, 5.74) is 7.84. The molecule has 4 fully saturated rings. The molecule has 43 heavy (non-hydrogen) atoms. The van der Waals surface area contributed by atoms with E-state index in [4.69, 9.17) is 19.9 Å². The number of ether oxygens (including phenoxy) is 3. The molecule has 4 aliphatic rings. The van der Waals surface area contributed by atoms with Crippen molar-refractivity contribution < 1.29 is 32.5 Å². The number of benzene rings is 2. The molecule has 2 heterocycles. The van der Waals surface area contributed by atoms with Crippen LogP contribution in [0.4, 0.5) is 0 Å². The van der Waals surface area contributed by atoms with E-state index >= 15 is 0 Å². The summed E-state index contributed by atoms with van der Waals surface area (Å²) >= 11 is 0. The van der Waals surface area contributed by atoms with Gasteiger partial charge in [-0.2, -0.15) is 4.31 Å². The summed E-state index contributed by atoms with van der Waals surface area (Å²) in [5.74, 6) is -0.358. The number of carbonyl (C=O) groups excluding carboxylic acids is 1. The zero-order valence-electron chi connectivity index (χ0n) is 25.0. The molecular weight excluding hydrogens is 568 g/mol. The largest absolute Gasteiger partial charge is 0.462 e. The van der Waals surface area contributed by atoms with Gasteiger partial charge in [0, 0.05) is 42.3 Å². The number of rotatable bonds is 13. The lowest BCUT2D eigenvalue weighted by Crippen LogP contribution is -2.43. The van der Waals surface area contributed by atoms with Crippen LogP contribution in [0, 0.1) is 29.6 Å². The Hall–Kier alpha value is -2.34. The van der Waals surface area contributed by atoms with E-state index < -0.39 is 22.0 Å². The first-order valence-corrected chi connectivity index (χ1v) is 17.0. The first-order valence-electron chi connectivity index (χ1n) is 15.6. The number of aliphatic hydroxyl groups excluding tert-OH is 1. The van der Waals surface area contributed by atoms with Gasteiger partial charge in [-0.25, -0.2) is 8.42 Å². The van der Waals surface area contributed by atoms with Crippen LogP contribution < -0.4 is 5.73 Å². The van der Waals surface area contributed by atoms with Crippen molar-refractivity contribution in [2.75, 3.05) is 26.3 Å². The molecule has 3 N–H and O–H groups in total. The van der Waals surface area contributed by atoms with Gasteiger partial charge in [0.25, 0.3) is 0 Å². The van der Waals surface area contributed by atoms with Gasteiger partial charge in [-0.05, 0) is 54.9 Å². The van der Waals surface area contributed by atoms with E-state index in [1.54, 1.807) is 24.3 Å². The average molecular weight is 613 g/mol. The number of fused-ring (bicyclic) bond motifs is 1. The van der Waals surface area contributed by atoms with Crippen LogP contribution in [-0.4, -0.2) is 68.6 Å². The van der Waals surface area contributed by atoms with Gasteiger partial charge in [0.1, 0.15) is 6.10 Å². The van der Waals surface area contributed by atoms with Crippen molar-refractivity contribution in [1.29, 1.82) is 0 Å². The standard InChI is InChI=1S/C33H44N2O7S/c1-21(2)17-35(43(38,39)26-10-8-25(9-11-26)33(34)12-13-33)18-29(36)23(14-22-6-4-3-5-7-22)16-30(37)42-31-24-15-27-28(31)20-41-32(27)40-19-24/h3-11,21,23-24,27-29,31-32,36H,12-20,34H2,1-2H3/t23-,24-,27?,28?,29-,31?,32?/m1/s1. The minimum Gasteiger partial charge on any atom is -0.462 e. The molecule has 0 radical (unpaired) electrons. The summed E-state index contributed by atoms with van der Waals surface area (Å²) < 4.78 is 46.7. The molecule has 2 aromatic carbocycles. The SMILES string of the molecule is CC(C)CN(C[C@@H](O)[C@@H](CC(=O)OC1C2COC3OC[C@H]1CC32)Cc1ccccc1)S(=O)(=O)c1ccc(C2(N)CC2)cc1. The van der Waals surface area contributed by atoms with Crippen LogP contribution in [0.3, 0.4) is 0 Å². The zero-order valence-corrected chi connectivity index (χ0v) is 25.8. The number of aliphatic hydroxyl groups is 1. The second-order valence-electron chi connectivity index (χ2n) is 13.4. The third-order valence-electron chi connectivity index (χ3n) is 9.68. The predicted molar refractivity (Wildman–Crippen MR) is 160 cm³/mol. The third-order valence-corrected chi connectivity index (χ3v) is 11.5. The van der Waals surface area contributed by atoms with Crippen molar-refractivity contribution in [3.63, 3.8) is 0 Å². The van der Waals surface area contributed by atoms with E-state index in [1.165, 1.54) is 4.31 Å². The Balaban J connectivity index is 1.18. The van der Waals surface area contributed by atoms with Crippen LogP contribution in [-0.2, 0) is 41.0 Å². The fourth-order valence-corrected chi connectivity index (χ4v) is 8.71. The summed E-state index contributed by atoms with van der Waals surface area (Å²) in [4.78, 5) is 13.6. The summed E-state index contributed by atoms with van der Waals surface area (Å²) in [6.45, 7) is 5.03. The maximum absolute atomic E-state index is 13.9. The molecule has 10 heteroatoms. The lowest BCUT2D eigenvalue weighted by atomic mass is 9.90. The van der Waals surface area contributed by atoms with Crippen LogP contribution >= 0.6 is 0 Å². The minimum atomic E-state index is -3.91. The number of nitrogens with zero attached hydrogens (tertiary/aromatic N) is 1. The van der Waals surface area contributed by atoms with E-state index in [2.05, 4.69) is 0 Å². The number of nitrogens with two attached hydrogens (primary N) is 1. The first-order chi connectivity index (χ1) is 20.5. The van der Waals surface area contributed by atoms with E-state index in [0.29, 0.717) is 19.6 Å². The van der Waals surface area contributed by atoms with Gasteiger partial charge < -0.3 is 25.1 Å². The molecule has 234 valence electrons. The highest BCUT2D eigenvalue weighted by atomic mass is 32.2. The molecule has 0 spiro atoms. The Morgan fingerprint density at radius 1 is 1.05 bits per heavy atom. The molecule has 2 saturated carbocycles. The highest BCUT2D eigenvalue weighted by molar-refractivity contribution is 7.89. The zero-order chi connectivity index (χ0) is 30.4. The molecule has 0 aromatic heterocycles. The number of sulfonamides is 1. The number of hydrogen-bond donors (Lipinski definition) is 2. The Morgan fingerprint density at radius 3 is 2.42 bits per heavy atom.